The Kier molecular flexibility index (Phi) is 7.78. The fourth-order valence-electron chi connectivity index (χ4n) is 4.95. The molecule has 2 aromatic heterocycles. The number of nitrogens with one attached hydrogen (secondary N) is 1. The number of amides is 1. The third-order valence-electron chi connectivity index (χ3n) is 7.27. The Bertz CT molecular complexity index is 1580. The van der Waals surface area contributed by atoms with Crippen LogP contribution in [0.15, 0.2) is 59.0 Å². The first kappa shape index (κ1) is 26.9. The fourth-order valence-corrected chi connectivity index (χ4v) is 4.95. The number of piperidine rings is 1. The quantitative estimate of drug-likeness (QED) is 0.228. The van der Waals surface area contributed by atoms with E-state index in [4.69, 9.17) is 15.7 Å². The number of ether oxygens (including phenoxy) is 1. The van der Waals surface area contributed by atoms with Crippen molar-refractivity contribution in [2.75, 3.05) is 31.6 Å². The Morgan fingerprint density at radius 1 is 1.12 bits per heavy atom. The van der Waals surface area contributed by atoms with Gasteiger partial charge >= 0.3 is 5.97 Å². The highest BCUT2D eigenvalue weighted by Crippen LogP contribution is 2.34. The van der Waals surface area contributed by atoms with Gasteiger partial charge in [-0.15, -0.1) is 0 Å². The van der Waals surface area contributed by atoms with E-state index in [2.05, 4.69) is 38.9 Å². The molecule has 1 aliphatic heterocycles. The second-order valence-corrected chi connectivity index (χ2v) is 10.3. The number of benzene rings is 2. The lowest BCUT2D eigenvalue weighted by Gasteiger charge is -2.33. The van der Waals surface area contributed by atoms with Crippen LogP contribution in [0.25, 0.3) is 27.4 Å². The van der Waals surface area contributed by atoms with E-state index in [0.717, 1.165) is 42.9 Å². The Morgan fingerprint density at radius 2 is 1.88 bits per heavy atom. The first-order chi connectivity index (χ1) is 19.4. The van der Waals surface area contributed by atoms with E-state index in [-0.39, 0.29) is 11.8 Å². The van der Waals surface area contributed by atoms with Crippen LogP contribution in [0.5, 0.6) is 0 Å². The molecule has 204 valence electrons. The Balaban J connectivity index is 1.18. The summed E-state index contributed by atoms with van der Waals surface area (Å²) >= 11 is 0. The minimum Gasteiger partial charge on any atom is -0.464 e. The second-order valence-electron chi connectivity index (χ2n) is 10.3. The summed E-state index contributed by atoms with van der Waals surface area (Å²) in [6, 6.07) is 16.2. The van der Waals surface area contributed by atoms with Gasteiger partial charge in [0.15, 0.2) is 17.0 Å². The predicted molar refractivity (Wildman–Crippen MR) is 153 cm³/mol. The normalized spacial score (nSPS) is 13.8. The van der Waals surface area contributed by atoms with Crippen LogP contribution >= 0.6 is 0 Å². The summed E-state index contributed by atoms with van der Waals surface area (Å²) < 4.78 is 10.9. The van der Waals surface area contributed by atoms with Crippen molar-refractivity contribution in [2.24, 2.45) is 5.92 Å². The Hall–Kier alpha value is -4.71. The van der Waals surface area contributed by atoms with Crippen molar-refractivity contribution in [1.29, 1.82) is 0 Å². The summed E-state index contributed by atoms with van der Waals surface area (Å²) in [5, 5.41) is 3.07. The molecule has 0 spiro atoms. The average molecular weight is 538 g/mol. The molecule has 0 aliphatic carbocycles. The number of carbonyl (C=O) groups excluding carboxylic acids is 2. The lowest BCUT2D eigenvalue weighted by atomic mass is 9.96. The molecule has 0 saturated carbocycles. The first-order valence-electron chi connectivity index (χ1n) is 13.4. The van der Waals surface area contributed by atoms with Crippen LogP contribution in [-0.2, 0) is 4.74 Å². The smallest absolute Gasteiger partial charge is 0.356 e. The molecule has 1 aliphatic rings. The molecule has 4 aromatic rings. The van der Waals surface area contributed by atoms with Crippen LogP contribution in [0.2, 0.25) is 0 Å². The molecule has 1 N–H and O–H groups in total. The van der Waals surface area contributed by atoms with E-state index in [1.165, 1.54) is 7.11 Å². The van der Waals surface area contributed by atoms with Gasteiger partial charge in [0.2, 0.25) is 5.89 Å². The van der Waals surface area contributed by atoms with Gasteiger partial charge in [-0.25, -0.2) is 19.6 Å². The van der Waals surface area contributed by atoms with Crippen LogP contribution in [0, 0.1) is 12.5 Å². The van der Waals surface area contributed by atoms with Crippen LogP contribution in [0.1, 0.15) is 59.0 Å². The average Bonchev–Trinajstić information content (AvgIpc) is 3.43. The lowest BCUT2D eigenvalue weighted by Crippen LogP contribution is -2.39. The van der Waals surface area contributed by atoms with Crippen LogP contribution in [-0.4, -0.2) is 48.6 Å². The van der Waals surface area contributed by atoms with E-state index in [9.17, 15) is 9.59 Å². The summed E-state index contributed by atoms with van der Waals surface area (Å²) in [6.45, 7) is 13.7. The van der Waals surface area contributed by atoms with Gasteiger partial charge in [0, 0.05) is 30.8 Å². The molecule has 2 aromatic carbocycles. The second kappa shape index (κ2) is 11.6. The van der Waals surface area contributed by atoms with E-state index in [1.54, 1.807) is 24.3 Å². The topological polar surface area (TPSA) is 102 Å². The highest BCUT2D eigenvalue weighted by molar-refractivity contribution is 5.94. The molecule has 5 rings (SSSR count). The van der Waals surface area contributed by atoms with E-state index in [1.807, 2.05) is 30.3 Å². The Morgan fingerprint density at radius 3 is 2.55 bits per heavy atom. The van der Waals surface area contributed by atoms with Gasteiger partial charge in [-0.05, 0) is 78.8 Å². The SMILES string of the molecule is [C-]#[N+]c1cc(C(C)C)c2oc(-c3ccc(C(=O)NCC4CCN(c5cccc(C(=O)OC)n5)CC4)cc3)nc2c1. The summed E-state index contributed by atoms with van der Waals surface area (Å²) in [5.41, 5.74) is 4.48. The number of anilines is 1. The summed E-state index contributed by atoms with van der Waals surface area (Å²) in [7, 11) is 1.35. The molecule has 0 radical (unpaired) electrons. The summed E-state index contributed by atoms with van der Waals surface area (Å²) in [4.78, 5) is 39.4. The number of hydrogen-bond donors (Lipinski definition) is 1. The minimum absolute atomic E-state index is 0.122. The molecule has 0 atom stereocenters. The van der Waals surface area contributed by atoms with Gasteiger partial charge in [-0.1, -0.05) is 19.9 Å². The minimum atomic E-state index is -0.447. The molecule has 9 nitrogen and oxygen atoms in total. The highest BCUT2D eigenvalue weighted by atomic mass is 16.5. The third kappa shape index (κ3) is 5.66. The van der Waals surface area contributed by atoms with Crippen LogP contribution < -0.4 is 10.2 Å². The zero-order chi connectivity index (χ0) is 28.2. The third-order valence-corrected chi connectivity index (χ3v) is 7.27. The standard InChI is InChI=1S/C31H31N5O4/c1-19(2)24-16-23(32-3)17-26-28(24)40-30(35-26)22-10-8-21(9-11-22)29(37)33-18-20-12-14-36(15-13-20)27-7-5-6-25(34-27)31(38)39-4/h5-11,16-17,19-20H,12-15,18H2,1-2,4H3,(H,33,37). The number of rotatable bonds is 7. The van der Waals surface area contributed by atoms with Crippen molar-refractivity contribution < 1.29 is 18.7 Å². The summed E-state index contributed by atoms with van der Waals surface area (Å²) in [5.74, 6) is 1.21. The molecular formula is C31H31N5O4. The highest BCUT2D eigenvalue weighted by Gasteiger charge is 2.22. The van der Waals surface area contributed by atoms with E-state index >= 15 is 0 Å². The maximum Gasteiger partial charge on any atom is 0.356 e. The number of hydrogen-bond acceptors (Lipinski definition) is 7. The molecule has 40 heavy (non-hydrogen) atoms. The van der Waals surface area contributed by atoms with Gasteiger partial charge in [-0.3, -0.25) is 4.79 Å². The molecule has 1 fully saturated rings. The Labute approximate surface area is 233 Å². The molecule has 1 amide bonds. The number of carbonyl (C=O) groups is 2. The van der Waals surface area contributed by atoms with Crippen molar-refractivity contribution >= 4 is 34.5 Å². The monoisotopic (exact) mass is 537 g/mol. The van der Waals surface area contributed by atoms with Gasteiger partial charge in [-0.2, -0.15) is 0 Å². The van der Waals surface area contributed by atoms with Crippen molar-refractivity contribution in [2.45, 2.75) is 32.6 Å². The number of esters is 1. The number of fused-ring (bicyclic) bond motifs is 1. The van der Waals surface area contributed by atoms with E-state index in [0.29, 0.717) is 46.4 Å². The van der Waals surface area contributed by atoms with Gasteiger partial charge in [0.25, 0.3) is 5.91 Å². The molecule has 0 bridgehead atoms. The summed E-state index contributed by atoms with van der Waals surface area (Å²) in [6.07, 6.45) is 1.82. The number of pyridine rings is 1. The van der Waals surface area contributed by atoms with Gasteiger partial charge < -0.3 is 19.4 Å². The van der Waals surface area contributed by atoms with Gasteiger partial charge in [0.1, 0.15) is 5.82 Å². The van der Waals surface area contributed by atoms with Crippen molar-refractivity contribution in [3.05, 3.63) is 82.8 Å². The van der Waals surface area contributed by atoms with Crippen molar-refractivity contribution in [3.63, 3.8) is 0 Å². The number of nitrogens with zero attached hydrogens (tertiary/aromatic N) is 4. The zero-order valence-electron chi connectivity index (χ0n) is 22.8. The molecule has 9 heteroatoms. The predicted octanol–water partition coefficient (Wildman–Crippen LogP) is 6.00. The zero-order valence-corrected chi connectivity index (χ0v) is 22.8. The largest absolute Gasteiger partial charge is 0.464 e. The van der Waals surface area contributed by atoms with Crippen molar-refractivity contribution in [1.82, 2.24) is 15.3 Å². The number of oxazole rings is 1. The van der Waals surface area contributed by atoms with Crippen molar-refractivity contribution in [3.8, 4) is 11.5 Å². The first-order valence-corrected chi connectivity index (χ1v) is 13.4. The lowest BCUT2D eigenvalue weighted by molar-refractivity contribution is 0.0594. The van der Waals surface area contributed by atoms with Crippen LogP contribution in [0.4, 0.5) is 11.5 Å². The maximum atomic E-state index is 12.8. The van der Waals surface area contributed by atoms with E-state index < -0.39 is 5.97 Å². The number of aromatic nitrogens is 2. The number of methoxy groups -OCH3 is 1. The van der Waals surface area contributed by atoms with Crippen LogP contribution in [0.3, 0.4) is 0 Å². The molecular weight excluding hydrogens is 506 g/mol. The molecule has 1 saturated heterocycles. The molecule has 0 unspecified atom stereocenters. The molecule has 3 heterocycles. The maximum absolute atomic E-state index is 12.8. The van der Waals surface area contributed by atoms with Gasteiger partial charge in [0.05, 0.1) is 19.2 Å². The fraction of sp³-hybridized carbons (Fsp3) is 0.323.